The second kappa shape index (κ2) is 21.1. The molecule has 15 heteroatoms. The second-order valence-electron chi connectivity index (χ2n) is 17.6. The van der Waals surface area contributed by atoms with Gasteiger partial charge in [-0.15, -0.1) is 0 Å². The molecule has 0 aromatic heterocycles. The molecule has 0 fully saturated rings. The number of rotatable bonds is 20. The van der Waals surface area contributed by atoms with Crippen LogP contribution in [-0.2, 0) is 38.2 Å². The molecule has 0 heterocycles. The van der Waals surface area contributed by atoms with Crippen LogP contribution in [0.3, 0.4) is 0 Å². The number of hydrogen-bond acceptors (Lipinski definition) is 9. The number of alkyl carbamates (subject to hydrolysis) is 1. The van der Waals surface area contributed by atoms with Crippen LogP contribution < -0.4 is 31.9 Å². The average Bonchev–Trinajstić information content (AvgIpc) is 2.96. The molecule has 0 saturated heterocycles. The van der Waals surface area contributed by atoms with Gasteiger partial charge in [0.05, 0.1) is 7.11 Å². The van der Waals surface area contributed by atoms with E-state index in [9.17, 15) is 33.6 Å². The highest BCUT2D eigenvalue weighted by Gasteiger charge is 2.38. The number of hydrogen-bond donors (Lipinski definition) is 6. The Morgan fingerprint density at radius 2 is 0.792 bits per heavy atom. The third kappa shape index (κ3) is 19.1. The molecule has 0 rings (SSSR count). The first-order valence-corrected chi connectivity index (χ1v) is 18.6. The molecule has 53 heavy (non-hydrogen) atoms. The molecule has 0 aliphatic rings. The van der Waals surface area contributed by atoms with E-state index < -0.39 is 82.4 Å². The fourth-order valence-electron chi connectivity index (χ4n) is 5.30. The van der Waals surface area contributed by atoms with Crippen molar-refractivity contribution in [1.82, 2.24) is 31.9 Å². The Balaban J connectivity index is 6.13. The molecule has 6 amide bonds. The van der Waals surface area contributed by atoms with Crippen LogP contribution in [0.5, 0.6) is 0 Å². The summed E-state index contributed by atoms with van der Waals surface area (Å²) in [4.78, 5) is 92.7. The fraction of sp³-hybridized carbons (Fsp3) is 0.816. The SMILES string of the molecule is COC(=O)C(C)(C)NC(=O)[C@H](CC(C)C)NC(=O)[C@@H](CC(C)C)NC(=O)C(C)(C)NC(=O)[C@H](CC(C)C)NC(=O)[C@H](CC(C)C)NC(=O)OC(C)(C)C. The van der Waals surface area contributed by atoms with Crippen molar-refractivity contribution in [3.05, 3.63) is 0 Å². The summed E-state index contributed by atoms with van der Waals surface area (Å²) in [5, 5.41) is 16.2. The first-order chi connectivity index (χ1) is 24.0. The van der Waals surface area contributed by atoms with Gasteiger partial charge in [-0.3, -0.25) is 24.0 Å². The van der Waals surface area contributed by atoms with Crippen molar-refractivity contribution < 1.29 is 43.0 Å². The molecule has 0 unspecified atom stereocenters. The minimum absolute atomic E-state index is 0.00686. The van der Waals surface area contributed by atoms with Crippen LogP contribution >= 0.6 is 0 Å². The Bertz CT molecular complexity index is 1270. The standard InChI is InChI=1S/C38H70N6O9/c1-21(2)17-25(29(45)39-28(20-24(7)8)32(48)44-38(14,15)34(50)52-16)41-33(49)37(12,13)43-31(47)27(19-23(5)6)40-30(46)26(18-22(3)4)42-35(51)53-36(9,10)11/h21-28H,17-20H2,1-16H3,(H,39,45)(H,40,46)(H,41,49)(H,42,51)(H,43,47)(H,44,48)/t25-,26+,27+,28+/m1/s1. The number of ether oxygens (including phenoxy) is 2. The normalized spacial score (nSPS) is 14.5. The van der Waals surface area contributed by atoms with E-state index in [2.05, 4.69) is 31.9 Å². The molecule has 0 aromatic rings. The summed E-state index contributed by atoms with van der Waals surface area (Å²) in [5.74, 6) is -3.76. The molecule has 0 saturated carbocycles. The van der Waals surface area contributed by atoms with E-state index in [1.807, 2.05) is 55.4 Å². The zero-order chi connectivity index (χ0) is 41.6. The molecule has 0 aliphatic carbocycles. The Kier molecular flexibility index (Phi) is 19.5. The van der Waals surface area contributed by atoms with Crippen molar-refractivity contribution >= 4 is 41.6 Å². The van der Waals surface area contributed by atoms with Gasteiger partial charge in [0.2, 0.25) is 29.5 Å². The largest absolute Gasteiger partial charge is 0.467 e. The highest BCUT2D eigenvalue weighted by molar-refractivity contribution is 5.98. The van der Waals surface area contributed by atoms with E-state index in [1.165, 1.54) is 34.8 Å². The fourth-order valence-corrected chi connectivity index (χ4v) is 5.30. The smallest absolute Gasteiger partial charge is 0.408 e. The zero-order valence-electron chi connectivity index (χ0n) is 35.1. The average molecular weight is 755 g/mol. The Hall–Kier alpha value is -3.91. The number of esters is 1. The van der Waals surface area contributed by atoms with Gasteiger partial charge in [-0.1, -0.05) is 55.4 Å². The molecule has 0 radical (unpaired) electrons. The van der Waals surface area contributed by atoms with Crippen LogP contribution in [0.4, 0.5) is 4.79 Å². The molecule has 306 valence electrons. The van der Waals surface area contributed by atoms with Gasteiger partial charge in [-0.05, 0) is 97.8 Å². The molecular formula is C38H70N6O9. The van der Waals surface area contributed by atoms with Crippen molar-refractivity contribution in [2.45, 2.75) is 170 Å². The van der Waals surface area contributed by atoms with Crippen LogP contribution in [0.25, 0.3) is 0 Å². The number of amides is 6. The summed E-state index contributed by atoms with van der Waals surface area (Å²) in [6, 6.07) is -4.12. The lowest BCUT2D eigenvalue weighted by Gasteiger charge is -2.32. The zero-order valence-corrected chi connectivity index (χ0v) is 35.1. The van der Waals surface area contributed by atoms with Crippen molar-refractivity contribution in [1.29, 1.82) is 0 Å². The molecule has 0 aromatic carbocycles. The summed E-state index contributed by atoms with van der Waals surface area (Å²) in [7, 11) is 1.21. The van der Waals surface area contributed by atoms with Crippen LogP contribution in [0.2, 0.25) is 0 Å². The minimum atomic E-state index is -1.54. The van der Waals surface area contributed by atoms with Crippen molar-refractivity contribution in [2.24, 2.45) is 23.7 Å². The van der Waals surface area contributed by atoms with Crippen LogP contribution in [0.15, 0.2) is 0 Å². The van der Waals surface area contributed by atoms with Gasteiger partial charge >= 0.3 is 12.1 Å². The Morgan fingerprint density at radius 1 is 0.472 bits per heavy atom. The van der Waals surface area contributed by atoms with Gasteiger partial charge < -0.3 is 41.4 Å². The maximum absolute atomic E-state index is 13.7. The third-order valence-corrected chi connectivity index (χ3v) is 7.86. The van der Waals surface area contributed by atoms with E-state index in [1.54, 1.807) is 20.8 Å². The van der Waals surface area contributed by atoms with E-state index in [4.69, 9.17) is 9.47 Å². The summed E-state index contributed by atoms with van der Waals surface area (Å²) >= 11 is 0. The van der Waals surface area contributed by atoms with Gasteiger partial charge in [-0.2, -0.15) is 0 Å². The lowest BCUT2D eigenvalue weighted by Crippen LogP contribution is -2.63. The van der Waals surface area contributed by atoms with Crippen LogP contribution in [0.1, 0.15) is 130 Å². The highest BCUT2D eigenvalue weighted by atomic mass is 16.6. The van der Waals surface area contributed by atoms with E-state index in [0.717, 1.165) is 0 Å². The van der Waals surface area contributed by atoms with Crippen molar-refractivity contribution in [3.63, 3.8) is 0 Å². The molecule has 15 nitrogen and oxygen atoms in total. The second-order valence-corrected chi connectivity index (χ2v) is 17.6. The number of nitrogens with one attached hydrogen (secondary N) is 6. The molecule has 0 aliphatic heterocycles. The number of carbonyl (C=O) groups is 7. The highest BCUT2D eigenvalue weighted by Crippen LogP contribution is 2.15. The van der Waals surface area contributed by atoms with Gasteiger partial charge in [0, 0.05) is 0 Å². The Morgan fingerprint density at radius 3 is 1.11 bits per heavy atom. The predicted molar refractivity (Wildman–Crippen MR) is 203 cm³/mol. The van der Waals surface area contributed by atoms with Gasteiger partial charge in [0.15, 0.2) is 0 Å². The van der Waals surface area contributed by atoms with Crippen molar-refractivity contribution in [3.8, 4) is 0 Å². The van der Waals surface area contributed by atoms with Gasteiger partial charge in [0.25, 0.3) is 0 Å². The number of carbonyl (C=O) groups excluding carboxylic acids is 7. The van der Waals surface area contributed by atoms with Crippen molar-refractivity contribution in [2.75, 3.05) is 7.11 Å². The van der Waals surface area contributed by atoms with E-state index in [-0.39, 0.29) is 49.4 Å². The van der Waals surface area contributed by atoms with Gasteiger partial charge in [-0.25, -0.2) is 9.59 Å². The molecule has 4 atom stereocenters. The monoisotopic (exact) mass is 755 g/mol. The van der Waals surface area contributed by atoms with E-state index >= 15 is 0 Å². The first kappa shape index (κ1) is 49.1. The molecule has 0 spiro atoms. The topological polar surface area (TPSA) is 210 Å². The lowest BCUT2D eigenvalue weighted by molar-refractivity contribution is -0.149. The summed E-state index contributed by atoms with van der Waals surface area (Å²) in [5.41, 5.74) is -3.67. The molecule has 6 N–H and O–H groups in total. The lowest BCUT2D eigenvalue weighted by atomic mass is 9.96. The van der Waals surface area contributed by atoms with E-state index in [0.29, 0.717) is 0 Å². The minimum Gasteiger partial charge on any atom is -0.467 e. The summed E-state index contributed by atoms with van der Waals surface area (Å²) < 4.78 is 10.1. The maximum Gasteiger partial charge on any atom is 0.408 e. The molecule has 0 bridgehead atoms. The predicted octanol–water partition coefficient (Wildman–Crippen LogP) is 3.48. The van der Waals surface area contributed by atoms with Crippen LogP contribution in [0, 0.1) is 23.7 Å². The van der Waals surface area contributed by atoms with Gasteiger partial charge in [0.1, 0.15) is 40.8 Å². The first-order valence-electron chi connectivity index (χ1n) is 18.6. The molecular weight excluding hydrogens is 684 g/mol. The maximum atomic E-state index is 13.7. The van der Waals surface area contributed by atoms with Crippen LogP contribution in [-0.4, -0.2) is 89.6 Å². The summed E-state index contributed by atoms with van der Waals surface area (Å²) in [6.45, 7) is 26.1. The Labute approximate surface area is 317 Å². The quantitative estimate of drug-likeness (QED) is 0.100. The summed E-state index contributed by atoms with van der Waals surface area (Å²) in [6.07, 6.45) is 0.242. The third-order valence-electron chi connectivity index (χ3n) is 7.86. The number of methoxy groups -OCH3 is 1.